The van der Waals surface area contributed by atoms with Crippen LogP contribution >= 0.6 is 0 Å². The van der Waals surface area contributed by atoms with Crippen molar-refractivity contribution in [2.24, 2.45) is 20.0 Å². The van der Waals surface area contributed by atoms with Gasteiger partial charge in [-0.3, -0.25) is 0 Å². The Morgan fingerprint density at radius 3 is 1.21 bits per heavy atom. The monoisotopic (exact) mass is 366 g/mol. The smallest absolute Gasteiger partial charge is 0.173 e. The number of rotatable bonds is 3. The Morgan fingerprint density at radius 1 is 0.571 bits per heavy atom. The first kappa shape index (κ1) is 19.9. The molecule has 0 aromatic heterocycles. The van der Waals surface area contributed by atoms with E-state index in [1.807, 2.05) is 0 Å². The zero-order chi connectivity index (χ0) is 20.5. The predicted octanol–water partition coefficient (Wildman–Crippen LogP) is 3.23. The van der Waals surface area contributed by atoms with Crippen LogP contribution in [0, 0.1) is 45.8 Å². The van der Waals surface area contributed by atoms with E-state index in [9.17, 15) is 0 Å². The van der Waals surface area contributed by atoms with Gasteiger partial charge in [0.05, 0.1) is 22.8 Å². The van der Waals surface area contributed by atoms with E-state index >= 15 is 0 Å². The minimum absolute atomic E-state index is 0.470. The molecule has 0 saturated heterocycles. The van der Waals surface area contributed by atoms with E-state index in [1.165, 1.54) is 0 Å². The summed E-state index contributed by atoms with van der Waals surface area (Å²) in [5.41, 5.74) is 5.00. The van der Waals surface area contributed by atoms with Crippen LogP contribution in [-0.2, 0) is 0 Å². The Balaban J connectivity index is 2.37. The van der Waals surface area contributed by atoms with Gasteiger partial charge >= 0.3 is 0 Å². The Labute approximate surface area is 162 Å². The molecule has 28 heavy (non-hydrogen) atoms. The van der Waals surface area contributed by atoms with Crippen molar-refractivity contribution < 1.29 is 0 Å². The van der Waals surface area contributed by atoms with Crippen molar-refractivity contribution in [3.05, 3.63) is 46.6 Å². The average Bonchev–Trinajstić information content (AvgIpc) is 2.66. The molecular weight excluding hydrogens is 352 g/mol. The third-order valence-corrected chi connectivity index (χ3v) is 4.14. The summed E-state index contributed by atoms with van der Waals surface area (Å²) in [5, 5.41) is 35.6. The van der Waals surface area contributed by atoms with Crippen LogP contribution in [0.5, 0.6) is 0 Å². The Bertz CT molecular complexity index is 1020. The molecule has 0 N–H and O–H groups in total. The van der Waals surface area contributed by atoms with Crippen molar-refractivity contribution in [3.63, 3.8) is 0 Å². The average molecular weight is 366 g/mol. The number of allylic oxidation sites excluding steroid dienone is 8. The van der Waals surface area contributed by atoms with Gasteiger partial charge in [-0.1, -0.05) is 0 Å². The van der Waals surface area contributed by atoms with Crippen LogP contribution in [0.1, 0.15) is 26.7 Å². The van der Waals surface area contributed by atoms with E-state index in [0.29, 0.717) is 35.7 Å². The number of nitrogens with zero attached hydrogens (tertiary/aromatic N) is 8. The van der Waals surface area contributed by atoms with Gasteiger partial charge in [0.1, 0.15) is 0 Å². The summed E-state index contributed by atoms with van der Waals surface area (Å²) < 4.78 is 0. The molecule has 0 bridgehead atoms. The van der Waals surface area contributed by atoms with Gasteiger partial charge in [-0.15, -0.1) is 0 Å². The molecule has 0 amide bonds. The van der Waals surface area contributed by atoms with E-state index < -0.39 is 0 Å². The first-order chi connectivity index (χ1) is 13.5. The summed E-state index contributed by atoms with van der Waals surface area (Å²) >= 11 is 0. The maximum Gasteiger partial charge on any atom is 0.206 e. The lowest BCUT2D eigenvalue weighted by atomic mass is 9.88. The fourth-order valence-corrected chi connectivity index (χ4v) is 2.78. The molecule has 8 heteroatoms. The molecule has 0 radical (unpaired) electrons. The Hall–Kier alpha value is -4.40. The SMILES string of the molecule is CC1=CC(=NC#N)C(CCC2=CC(=NC#N)C(C)=CC2=NC#N)=CC1=NC#N. The van der Waals surface area contributed by atoms with Crippen molar-refractivity contribution in [3.8, 4) is 24.8 Å². The van der Waals surface area contributed by atoms with Crippen LogP contribution < -0.4 is 0 Å². The largest absolute Gasteiger partial charge is 0.206 e. The molecule has 0 spiro atoms. The molecular formula is C20H14N8. The number of aliphatic imine (C=N–C) groups is 4. The van der Waals surface area contributed by atoms with Crippen LogP contribution in [0.3, 0.4) is 0 Å². The third-order valence-electron chi connectivity index (χ3n) is 4.14. The Kier molecular flexibility index (Phi) is 6.64. The van der Waals surface area contributed by atoms with Crippen LogP contribution in [0.2, 0.25) is 0 Å². The molecule has 134 valence electrons. The zero-order valence-electron chi connectivity index (χ0n) is 15.3. The highest BCUT2D eigenvalue weighted by Crippen LogP contribution is 2.24. The van der Waals surface area contributed by atoms with Crippen molar-refractivity contribution in [1.29, 1.82) is 21.0 Å². The molecule has 0 aromatic rings. The standard InChI is InChI=1S/C20H14N8/c1-13-5-19(27-11-23)15(7-17(13)25-9-21)3-4-16-8-18(26-10-22)14(2)6-20(16)28-12-24/h5-8H,3-4H2,1-2H3. The number of hydrogen-bond acceptors (Lipinski definition) is 8. The summed E-state index contributed by atoms with van der Waals surface area (Å²) in [4.78, 5) is 15.3. The highest BCUT2D eigenvalue weighted by atomic mass is 14.8. The van der Waals surface area contributed by atoms with Gasteiger partial charge in [0.15, 0.2) is 0 Å². The number of nitriles is 4. The lowest BCUT2D eigenvalue weighted by Crippen LogP contribution is -2.15. The van der Waals surface area contributed by atoms with Gasteiger partial charge in [0, 0.05) is 0 Å². The third kappa shape index (κ3) is 4.61. The molecule has 0 aliphatic heterocycles. The molecule has 0 fully saturated rings. The highest BCUT2D eigenvalue weighted by Gasteiger charge is 2.19. The van der Waals surface area contributed by atoms with Crippen molar-refractivity contribution in [1.82, 2.24) is 0 Å². The summed E-state index contributed by atoms with van der Waals surface area (Å²) in [6.45, 7) is 3.58. The summed E-state index contributed by atoms with van der Waals surface area (Å²) in [6.07, 6.45) is 14.9. The van der Waals surface area contributed by atoms with E-state index in [4.69, 9.17) is 21.0 Å². The minimum atomic E-state index is 0.470. The van der Waals surface area contributed by atoms with Gasteiger partial charge in [0.2, 0.25) is 24.8 Å². The molecule has 0 atom stereocenters. The van der Waals surface area contributed by atoms with Crippen LogP contribution in [-0.4, -0.2) is 22.8 Å². The second-order valence-corrected chi connectivity index (χ2v) is 5.88. The quantitative estimate of drug-likeness (QED) is 0.557. The van der Waals surface area contributed by atoms with Gasteiger partial charge < -0.3 is 0 Å². The molecule has 0 unspecified atom stereocenters. The van der Waals surface area contributed by atoms with E-state index in [0.717, 1.165) is 22.3 Å². The molecule has 2 aliphatic rings. The van der Waals surface area contributed by atoms with Crippen molar-refractivity contribution >= 4 is 22.8 Å². The van der Waals surface area contributed by atoms with Crippen molar-refractivity contribution in [2.45, 2.75) is 26.7 Å². The van der Waals surface area contributed by atoms with Gasteiger partial charge in [-0.05, 0) is 73.3 Å². The van der Waals surface area contributed by atoms with Crippen LogP contribution in [0.4, 0.5) is 0 Å². The second kappa shape index (κ2) is 9.34. The lowest BCUT2D eigenvalue weighted by Gasteiger charge is -2.17. The first-order valence-electron chi connectivity index (χ1n) is 8.20. The maximum absolute atomic E-state index is 8.95. The number of hydrogen-bond donors (Lipinski definition) is 0. The lowest BCUT2D eigenvalue weighted by molar-refractivity contribution is 0.992. The predicted molar refractivity (Wildman–Crippen MR) is 105 cm³/mol. The Morgan fingerprint density at radius 2 is 0.893 bits per heavy atom. The van der Waals surface area contributed by atoms with Crippen LogP contribution in [0.15, 0.2) is 66.6 Å². The van der Waals surface area contributed by atoms with Crippen LogP contribution in [0.25, 0.3) is 0 Å². The van der Waals surface area contributed by atoms with Crippen molar-refractivity contribution in [2.75, 3.05) is 0 Å². The van der Waals surface area contributed by atoms with E-state index in [2.05, 4.69) is 20.0 Å². The zero-order valence-corrected chi connectivity index (χ0v) is 15.3. The molecule has 0 aromatic carbocycles. The molecule has 0 saturated carbocycles. The summed E-state index contributed by atoms with van der Waals surface area (Å²) in [5.74, 6) is 0. The molecule has 8 nitrogen and oxygen atoms in total. The molecule has 0 heterocycles. The van der Waals surface area contributed by atoms with E-state index in [-0.39, 0.29) is 0 Å². The highest BCUT2D eigenvalue weighted by molar-refractivity contribution is 6.25. The minimum Gasteiger partial charge on any atom is -0.173 e. The summed E-state index contributed by atoms with van der Waals surface area (Å²) in [7, 11) is 0. The van der Waals surface area contributed by atoms with Gasteiger partial charge in [-0.25, -0.2) is 0 Å². The molecule has 2 rings (SSSR count). The fraction of sp³-hybridized carbons (Fsp3) is 0.200. The van der Waals surface area contributed by atoms with Gasteiger partial charge in [-0.2, -0.15) is 41.0 Å². The van der Waals surface area contributed by atoms with Gasteiger partial charge in [0.25, 0.3) is 0 Å². The fourth-order valence-electron chi connectivity index (χ4n) is 2.78. The van der Waals surface area contributed by atoms with E-state index in [1.54, 1.807) is 62.9 Å². The topological polar surface area (TPSA) is 145 Å². The molecule has 2 aliphatic carbocycles. The first-order valence-corrected chi connectivity index (χ1v) is 8.20. The second-order valence-electron chi connectivity index (χ2n) is 5.88. The summed E-state index contributed by atoms with van der Waals surface area (Å²) in [6, 6.07) is 0. The maximum atomic E-state index is 8.95. The normalized spacial score (nSPS) is 21.8.